The molecule has 0 aromatic carbocycles. The monoisotopic (exact) mass is 373 g/mol. The topological polar surface area (TPSA) is 80.1 Å². The molecule has 0 saturated heterocycles. The van der Waals surface area contributed by atoms with Gasteiger partial charge in [-0.05, 0) is 46.6 Å². The van der Waals surface area contributed by atoms with Gasteiger partial charge < -0.3 is 10.2 Å². The Morgan fingerprint density at radius 3 is 2.37 bits per heavy atom. The lowest BCUT2D eigenvalue weighted by atomic mass is 10.0. The summed E-state index contributed by atoms with van der Waals surface area (Å²) in [5.74, 6) is -0.155. The summed E-state index contributed by atoms with van der Waals surface area (Å²) < 4.78 is 1.83. The third-order valence-electron chi connectivity index (χ3n) is 4.35. The Morgan fingerprint density at radius 2 is 1.85 bits per heavy atom. The first kappa shape index (κ1) is 20.9. The van der Waals surface area contributed by atoms with Crippen LogP contribution in [0.25, 0.3) is 11.0 Å². The molecule has 2 aromatic heterocycles. The zero-order valence-corrected chi connectivity index (χ0v) is 17.4. The SMILES string of the molecule is CCN(CC(=O)NC(C)C)C(=O)c1cc(C(C)C)nc2c1cnn2C(C)C. The molecule has 0 aliphatic carbocycles. The Morgan fingerprint density at radius 1 is 1.19 bits per heavy atom. The predicted molar refractivity (Wildman–Crippen MR) is 107 cm³/mol. The third-order valence-corrected chi connectivity index (χ3v) is 4.35. The minimum absolute atomic E-state index is 0.0344. The summed E-state index contributed by atoms with van der Waals surface area (Å²) in [4.78, 5) is 31.7. The van der Waals surface area contributed by atoms with Crippen molar-refractivity contribution in [2.75, 3.05) is 13.1 Å². The minimum atomic E-state index is -0.172. The van der Waals surface area contributed by atoms with E-state index in [4.69, 9.17) is 4.98 Å². The molecule has 2 amide bonds. The highest BCUT2D eigenvalue weighted by atomic mass is 16.2. The van der Waals surface area contributed by atoms with Crippen LogP contribution in [0.3, 0.4) is 0 Å². The number of likely N-dealkylation sites (N-methyl/N-ethyl adjacent to an activating group) is 1. The lowest BCUT2D eigenvalue weighted by molar-refractivity contribution is -0.122. The molecule has 0 aliphatic heterocycles. The quantitative estimate of drug-likeness (QED) is 0.809. The zero-order valence-electron chi connectivity index (χ0n) is 17.4. The Balaban J connectivity index is 2.48. The van der Waals surface area contributed by atoms with Gasteiger partial charge in [-0.3, -0.25) is 9.59 Å². The molecule has 0 aliphatic rings. The van der Waals surface area contributed by atoms with Gasteiger partial charge in [-0.25, -0.2) is 9.67 Å². The van der Waals surface area contributed by atoms with Crippen LogP contribution in [0.4, 0.5) is 0 Å². The first-order valence-corrected chi connectivity index (χ1v) is 9.62. The van der Waals surface area contributed by atoms with Crippen LogP contribution < -0.4 is 5.32 Å². The molecule has 0 atom stereocenters. The molecule has 148 valence electrons. The summed E-state index contributed by atoms with van der Waals surface area (Å²) in [6.45, 7) is 14.3. The van der Waals surface area contributed by atoms with Crippen molar-refractivity contribution >= 4 is 22.8 Å². The number of nitrogens with one attached hydrogen (secondary N) is 1. The maximum atomic E-state index is 13.2. The van der Waals surface area contributed by atoms with Crippen molar-refractivity contribution in [1.29, 1.82) is 0 Å². The number of fused-ring (bicyclic) bond motifs is 1. The van der Waals surface area contributed by atoms with Crippen molar-refractivity contribution in [3.05, 3.63) is 23.5 Å². The number of carbonyl (C=O) groups excluding carboxylic acids is 2. The third kappa shape index (κ3) is 4.64. The van der Waals surface area contributed by atoms with Crippen LogP contribution in [0.5, 0.6) is 0 Å². The molecule has 0 radical (unpaired) electrons. The average molecular weight is 374 g/mol. The van der Waals surface area contributed by atoms with Gasteiger partial charge in [0, 0.05) is 24.3 Å². The Bertz CT molecular complexity index is 823. The van der Waals surface area contributed by atoms with Gasteiger partial charge in [-0.2, -0.15) is 5.10 Å². The van der Waals surface area contributed by atoms with E-state index in [1.54, 1.807) is 11.1 Å². The van der Waals surface area contributed by atoms with Crippen molar-refractivity contribution in [2.45, 2.75) is 66.5 Å². The van der Waals surface area contributed by atoms with E-state index in [9.17, 15) is 9.59 Å². The second-order valence-corrected chi connectivity index (χ2v) is 7.71. The lowest BCUT2D eigenvalue weighted by Gasteiger charge is -2.22. The largest absolute Gasteiger partial charge is 0.352 e. The van der Waals surface area contributed by atoms with E-state index in [1.807, 2.05) is 59.2 Å². The Labute approximate surface area is 161 Å². The lowest BCUT2D eigenvalue weighted by Crippen LogP contribution is -2.42. The average Bonchev–Trinajstić information content (AvgIpc) is 3.01. The number of hydrogen-bond acceptors (Lipinski definition) is 4. The number of aromatic nitrogens is 3. The highest BCUT2D eigenvalue weighted by Gasteiger charge is 2.23. The number of amides is 2. The molecule has 1 N–H and O–H groups in total. The molecular formula is C20H31N5O2. The van der Waals surface area contributed by atoms with Gasteiger partial charge in [-0.1, -0.05) is 13.8 Å². The van der Waals surface area contributed by atoms with E-state index >= 15 is 0 Å². The Hall–Kier alpha value is -2.44. The zero-order chi connectivity index (χ0) is 20.3. The normalized spacial score (nSPS) is 11.6. The van der Waals surface area contributed by atoms with Crippen LogP contribution in [-0.4, -0.2) is 50.6 Å². The van der Waals surface area contributed by atoms with Crippen LogP contribution >= 0.6 is 0 Å². The fraction of sp³-hybridized carbons (Fsp3) is 0.600. The highest BCUT2D eigenvalue weighted by molar-refractivity contribution is 6.06. The summed E-state index contributed by atoms with van der Waals surface area (Å²) in [6, 6.07) is 2.01. The van der Waals surface area contributed by atoms with Crippen molar-refractivity contribution < 1.29 is 9.59 Å². The smallest absolute Gasteiger partial charge is 0.255 e. The van der Waals surface area contributed by atoms with Crippen molar-refractivity contribution in [3.8, 4) is 0 Å². The first-order valence-electron chi connectivity index (χ1n) is 9.62. The van der Waals surface area contributed by atoms with Crippen LogP contribution in [0, 0.1) is 0 Å². The van der Waals surface area contributed by atoms with Gasteiger partial charge in [0.2, 0.25) is 5.91 Å². The molecular weight excluding hydrogens is 342 g/mol. The summed E-state index contributed by atoms with van der Waals surface area (Å²) in [6.07, 6.45) is 1.70. The summed E-state index contributed by atoms with van der Waals surface area (Å²) >= 11 is 0. The van der Waals surface area contributed by atoms with Crippen LogP contribution in [-0.2, 0) is 4.79 Å². The molecule has 0 spiro atoms. The number of rotatable bonds is 7. The van der Waals surface area contributed by atoms with E-state index in [1.165, 1.54) is 0 Å². The van der Waals surface area contributed by atoms with E-state index < -0.39 is 0 Å². The molecule has 0 fully saturated rings. The summed E-state index contributed by atoms with van der Waals surface area (Å²) in [7, 11) is 0. The van der Waals surface area contributed by atoms with Gasteiger partial charge in [0.1, 0.15) is 0 Å². The van der Waals surface area contributed by atoms with Crippen molar-refractivity contribution in [1.82, 2.24) is 25.0 Å². The fourth-order valence-corrected chi connectivity index (χ4v) is 2.93. The predicted octanol–water partition coefficient (Wildman–Crippen LogP) is 3.12. The molecule has 0 unspecified atom stereocenters. The van der Waals surface area contributed by atoms with E-state index in [-0.39, 0.29) is 36.4 Å². The van der Waals surface area contributed by atoms with Crippen LogP contribution in [0.1, 0.15) is 76.5 Å². The molecule has 2 heterocycles. The standard InChI is InChI=1S/C20H31N5O2/c1-8-24(11-18(26)22-13(4)5)20(27)15-9-17(12(2)3)23-19-16(15)10-21-25(19)14(6)7/h9-10,12-14H,8,11H2,1-7H3,(H,22,26). The molecule has 7 nitrogen and oxygen atoms in total. The van der Waals surface area contributed by atoms with Gasteiger partial charge in [0.25, 0.3) is 5.91 Å². The molecule has 0 bridgehead atoms. The van der Waals surface area contributed by atoms with E-state index in [0.717, 1.165) is 11.1 Å². The minimum Gasteiger partial charge on any atom is -0.352 e. The second kappa shape index (κ2) is 8.50. The molecule has 27 heavy (non-hydrogen) atoms. The van der Waals surface area contributed by atoms with E-state index in [2.05, 4.69) is 10.4 Å². The number of pyridine rings is 1. The number of carbonyl (C=O) groups is 2. The van der Waals surface area contributed by atoms with Gasteiger partial charge in [0.05, 0.1) is 23.7 Å². The van der Waals surface area contributed by atoms with Gasteiger partial charge in [-0.15, -0.1) is 0 Å². The van der Waals surface area contributed by atoms with E-state index in [0.29, 0.717) is 17.8 Å². The maximum Gasteiger partial charge on any atom is 0.255 e. The van der Waals surface area contributed by atoms with Crippen molar-refractivity contribution in [2.24, 2.45) is 0 Å². The highest BCUT2D eigenvalue weighted by Crippen LogP contribution is 2.25. The van der Waals surface area contributed by atoms with Gasteiger partial charge >= 0.3 is 0 Å². The fourth-order valence-electron chi connectivity index (χ4n) is 2.93. The molecule has 2 rings (SSSR count). The Kier molecular flexibility index (Phi) is 6.57. The number of hydrogen-bond donors (Lipinski definition) is 1. The summed E-state index contributed by atoms with van der Waals surface area (Å²) in [5.41, 5.74) is 2.10. The van der Waals surface area contributed by atoms with Crippen LogP contribution in [0.2, 0.25) is 0 Å². The summed E-state index contributed by atoms with van der Waals surface area (Å²) in [5, 5.41) is 7.99. The van der Waals surface area contributed by atoms with Crippen molar-refractivity contribution in [3.63, 3.8) is 0 Å². The number of nitrogens with zero attached hydrogens (tertiary/aromatic N) is 4. The maximum absolute atomic E-state index is 13.2. The first-order chi connectivity index (χ1) is 12.6. The second-order valence-electron chi connectivity index (χ2n) is 7.71. The molecule has 0 saturated carbocycles. The van der Waals surface area contributed by atoms with Gasteiger partial charge in [0.15, 0.2) is 5.65 Å². The molecule has 2 aromatic rings. The van der Waals surface area contributed by atoms with Crippen LogP contribution in [0.15, 0.2) is 12.3 Å². The molecule has 7 heteroatoms.